The highest BCUT2D eigenvalue weighted by atomic mass is 32.1. The summed E-state index contributed by atoms with van der Waals surface area (Å²) in [4.78, 5) is 16.0. The third-order valence-electron chi connectivity index (χ3n) is 4.08. The Morgan fingerprint density at radius 2 is 1.92 bits per heavy atom. The van der Waals surface area contributed by atoms with E-state index in [0.29, 0.717) is 11.4 Å². The van der Waals surface area contributed by atoms with Gasteiger partial charge in [-0.1, -0.05) is 51.1 Å². The van der Waals surface area contributed by atoms with Gasteiger partial charge < -0.3 is 10.8 Å². The minimum Gasteiger partial charge on any atom is -0.478 e. The number of thiophene rings is 1. The number of anilines is 1. The minimum absolute atomic E-state index is 0.343. The molecule has 0 bridgehead atoms. The molecule has 0 fully saturated rings. The van der Waals surface area contributed by atoms with Crippen molar-refractivity contribution in [1.29, 1.82) is 0 Å². The summed E-state index contributed by atoms with van der Waals surface area (Å²) < 4.78 is 0.953. The van der Waals surface area contributed by atoms with Gasteiger partial charge in [-0.3, -0.25) is 0 Å². The Morgan fingerprint density at radius 3 is 2.52 bits per heavy atom. The van der Waals surface area contributed by atoms with Crippen LogP contribution in [0.25, 0.3) is 27.3 Å². The van der Waals surface area contributed by atoms with Crippen molar-refractivity contribution in [3.05, 3.63) is 53.0 Å². The predicted molar refractivity (Wildman–Crippen MR) is 105 cm³/mol. The van der Waals surface area contributed by atoms with E-state index in [0.717, 1.165) is 26.8 Å². The molecular formula is C20H20N2O2S. The maximum absolute atomic E-state index is 11.7. The van der Waals surface area contributed by atoms with Crippen LogP contribution in [0.15, 0.2) is 47.5 Å². The molecule has 4 nitrogen and oxygen atoms in total. The summed E-state index contributed by atoms with van der Waals surface area (Å²) in [5.74, 6) is -0.461. The molecule has 1 aromatic carbocycles. The predicted octanol–water partition coefficient (Wildman–Crippen LogP) is 5.06. The van der Waals surface area contributed by atoms with Crippen molar-refractivity contribution in [2.45, 2.75) is 20.8 Å². The van der Waals surface area contributed by atoms with E-state index in [1.165, 1.54) is 0 Å². The number of pyridine rings is 1. The highest BCUT2D eigenvalue weighted by molar-refractivity contribution is 7.18. The zero-order valence-electron chi connectivity index (χ0n) is 14.4. The van der Waals surface area contributed by atoms with Gasteiger partial charge in [-0.25, -0.2) is 9.78 Å². The average molecular weight is 352 g/mol. The number of benzene rings is 1. The zero-order valence-corrected chi connectivity index (χ0v) is 15.2. The van der Waals surface area contributed by atoms with Crippen LogP contribution in [0.1, 0.15) is 26.3 Å². The van der Waals surface area contributed by atoms with Crippen LogP contribution in [-0.4, -0.2) is 16.1 Å². The molecule has 0 radical (unpaired) electrons. The lowest BCUT2D eigenvalue weighted by atomic mass is 9.85. The van der Waals surface area contributed by atoms with Gasteiger partial charge >= 0.3 is 5.97 Å². The number of hydrogen-bond acceptors (Lipinski definition) is 4. The molecule has 0 atom stereocenters. The Labute approximate surface area is 150 Å². The molecule has 3 aromatic rings. The second-order valence-electron chi connectivity index (χ2n) is 6.93. The number of nitrogens with two attached hydrogens (primary N) is 1. The van der Waals surface area contributed by atoms with Gasteiger partial charge in [0.05, 0.1) is 0 Å². The molecule has 0 saturated heterocycles. The molecule has 3 N–H and O–H groups in total. The van der Waals surface area contributed by atoms with Crippen LogP contribution < -0.4 is 5.73 Å². The van der Waals surface area contributed by atoms with E-state index in [1.54, 1.807) is 23.6 Å². The van der Waals surface area contributed by atoms with Crippen LogP contribution in [0.5, 0.6) is 0 Å². The maximum Gasteiger partial charge on any atom is 0.332 e. The van der Waals surface area contributed by atoms with Gasteiger partial charge in [0, 0.05) is 33.0 Å². The third kappa shape index (κ3) is 3.28. The summed E-state index contributed by atoms with van der Waals surface area (Å²) in [7, 11) is 0. The first-order valence-electron chi connectivity index (χ1n) is 7.95. The van der Waals surface area contributed by atoms with E-state index < -0.39 is 11.4 Å². The Morgan fingerprint density at radius 1 is 1.24 bits per heavy atom. The fraction of sp³-hybridized carbons (Fsp3) is 0.200. The van der Waals surface area contributed by atoms with Gasteiger partial charge in [-0.15, -0.1) is 11.3 Å². The van der Waals surface area contributed by atoms with E-state index in [-0.39, 0.29) is 0 Å². The van der Waals surface area contributed by atoms with Crippen molar-refractivity contribution in [2.24, 2.45) is 5.41 Å². The summed E-state index contributed by atoms with van der Waals surface area (Å²) in [6, 6.07) is 9.99. The number of fused-ring (bicyclic) bond motifs is 1. The quantitative estimate of drug-likeness (QED) is 0.646. The molecule has 0 unspecified atom stereocenters. The number of aliphatic carboxylic acids is 1. The molecule has 0 spiro atoms. The number of aromatic nitrogens is 1. The first-order chi connectivity index (χ1) is 11.8. The van der Waals surface area contributed by atoms with Gasteiger partial charge in [-0.2, -0.15) is 0 Å². The Hall–Kier alpha value is -2.66. The van der Waals surface area contributed by atoms with E-state index in [2.05, 4.69) is 4.98 Å². The smallest absolute Gasteiger partial charge is 0.332 e. The van der Waals surface area contributed by atoms with Crippen molar-refractivity contribution in [3.63, 3.8) is 0 Å². The van der Waals surface area contributed by atoms with Crippen LogP contribution in [0.3, 0.4) is 0 Å². The van der Waals surface area contributed by atoms with Crippen LogP contribution in [0.2, 0.25) is 0 Å². The van der Waals surface area contributed by atoms with Gasteiger partial charge in [0.15, 0.2) is 0 Å². The molecule has 0 aliphatic heterocycles. The van der Waals surface area contributed by atoms with Gasteiger partial charge in [0.25, 0.3) is 0 Å². The lowest BCUT2D eigenvalue weighted by Gasteiger charge is -2.19. The van der Waals surface area contributed by atoms with Crippen molar-refractivity contribution in [3.8, 4) is 11.1 Å². The number of nitrogens with zero attached hydrogens (tertiary/aromatic N) is 1. The zero-order chi connectivity index (χ0) is 18.2. The van der Waals surface area contributed by atoms with Crippen molar-refractivity contribution in [2.75, 3.05) is 5.73 Å². The normalized spacial score (nSPS) is 12.5. The number of carbonyl (C=O) groups is 1. The van der Waals surface area contributed by atoms with Crippen molar-refractivity contribution < 1.29 is 9.90 Å². The van der Waals surface area contributed by atoms with Crippen LogP contribution >= 0.6 is 11.3 Å². The molecule has 0 amide bonds. The lowest BCUT2D eigenvalue weighted by Crippen LogP contribution is -2.17. The molecular weight excluding hydrogens is 332 g/mol. The summed E-state index contributed by atoms with van der Waals surface area (Å²) in [5.41, 5.74) is 8.88. The summed E-state index contributed by atoms with van der Waals surface area (Å²) >= 11 is 1.56. The van der Waals surface area contributed by atoms with Crippen molar-refractivity contribution >= 4 is 39.3 Å². The molecule has 5 heteroatoms. The van der Waals surface area contributed by atoms with Crippen LogP contribution in [-0.2, 0) is 4.79 Å². The third-order valence-corrected chi connectivity index (χ3v) is 5.10. The summed E-state index contributed by atoms with van der Waals surface area (Å²) in [6.07, 6.45) is 3.36. The Kier molecular flexibility index (Phi) is 4.35. The number of carboxylic acids is 1. The highest BCUT2D eigenvalue weighted by Gasteiger charge is 2.24. The molecule has 2 heterocycles. The fourth-order valence-corrected chi connectivity index (χ4v) is 3.84. The molecule has 25 heavy (non-hydrogen) atoms. The van der Waals surface area contributed by atoms with Crippen molar-refractivity contribution in [1.82, 2.24) is 4.98 Å². The Balaban J connectivity index is 2.25. The van der Waals surface area contributed by atoms with Gasteiger partial charge in [0.2, 0.25) is 0 Å². The number of carboxylic acid groups (broad SMARTS) is 1. The monoisotopic (exact) mass is 352 g/mol. The fourth-order valence-electron chi connectivity index (χ4n) is 2.77. The Bertz CT molecular complexity index is 967. The number of nitrogen functional groups attached to an aromatic ring is 1. The molecule has 0 aliphatic carbocycles. The molecule has 128 valence electrons. The standard InChI is InChI=1S/C20H20N2O2S/c1-20(2,3)15(19(23)24)9-13-10-22-18(21)16-14(11-25-17(13)16)12-7-5-4-6-8-12/h4-11H,1-3H3,(H2,21,22)(H,23,24)/b15-9-. The second kappa shape index (κ2) is 6.33. The van der Waals surface area contributed by atoms with Crippen LogP contribution in [0.4, 0.5) is 5.82 Å². The highest BCUT2D eigenvalue weighted by Crippen LogP contribution is 2.39. The summed E-state index contributed by atoms with van der Waals surface area (Å²) in [6.45, 7) is 5.66. The van der Waals surface area contributed by atoms with E-state index in [4.69, 9.17) is 5.73 Å². The summed E-state index contributed by atoms with van der Waals surface area (Å²) in [5, 5.41) is 12.5. The second-order valence-corrected chi connectivity index (χ2v) is 7.81. The first-order valence-corrected chi connectivity index (χ1v) is 8.83. The SMILES string of the molecule is CC(C)(C)/C(=C\c1cnc(N)c2c(-c3ccccc3)csc12)C(=O)O. The van der Waals surface area contributed by atoms with E-state index >= 15 is 0 Å². The largest absolute Gasteiger partial charge is 0.478 e. The van der Waals surface area contributed by atoms with Gasteiger partial charge in [-0.05, 0) is 22.4 Å². The minimum atomic E-state index is -0.919. The van der Waals surface area contributed by atoms with Gasteiger partial charge in [0.1, 0.15) is 5.82 Å². The van der Waals surface area contributed by atoms with E-state index in [9.17, 15) is 9.90 Å². The van der Waals surface area contributed by atoms with E-state index in [1.807, 2.05) is 56.5 Å². The maximum atomic E-state index is 11.7. The number of hydrogen-bond donors (Lipinski definition) is 2. The lowest BCUT2D eigenvalue weighted by molar-refractivity contribution is -0.133. The number of rotatable bonds is 3. The average Bonchev–Trinajstić information content (AvgIpc) is 2.99. The molecule has 0 aliphatic rings. The van der Waals surface area contributed by atoms with Crippen LogP contribution in [0, 0.1) is 5.41 Å². The molecule has 0 saturated carbocycles. The molecule has 2 aromatic heterocycles. The first kappa shape index (κ1) is 17.2. The molecule has 3 rings (SSSR count). The topological polar surface area (TPSA) is 76.2 Å².